The van der Waals surface area contributed by atoms with Crippen molar-refractivity contribution in [3.8, 4) is 0 Å². The van der Waals surface area contributed by atoms with Crippen LogP contribution in [0.3, 0.4) is 0 Å². The molecule has 0 bridgehead atoms. The summed E-state index contributed by atoms with van der Waals surface area (Å²) in [6.45, 7) is 0. The smallest absolute Gasteiger partial charge is 0.275 e. The van der Waals surface area contributed by atoms with E-state index in [1.54, 1.807) is 0 Å². The van der Waals surface area contributed by atoms with Gasteiger partial charge in [0.25, 0.3) is 11.9 Å². The van der Waals surface area contributed by atoms with Gasteiger partial charge in [0.1, 0.15) is 0 Å². The molecule has 2 aromatic rings. The van der Waals surface area contributed by atoms with Crippen LogP contribution in [0, 0.1) is 0 Å². The second kappa shape index (κ2) is 4.98. The van der Waals surface area contributed by atoms with Crippen molar-refractivity contribution in [3.05, 3.63) is 10.6 Å². The molecular formula is C6H4Cl2N10. The molecule has 0 saturated carbocycles. The summed E-state index contributed by atoms with van der Waals surface area (Å²) in [5.74, 6) is -0.362. The predicted molar refractivity (Wildman–Crippen MR) is 62.7 cm³/mol. The maximum Gasteiger partial charge on any atom is 0.275 e. The average Bonchev–Trinajstić information content (AvgIpc) is 2.23. The molecule has 10 nitrogen and oxygen atoms in total. The Morgan fingerprint density at radius 1 is 0.667 bits per heavy atom. The molecule has 0 atom stereocenters. The number of aromatic nitrogens is 6. The Labute approximate surface area is 110 Å². The summed E-state index contributed by atoms with van der Waals surface area (Å²) < 4.78 is 0. The van der Waals surface area contributed by atoms with E-state index in [-0.39, 0.29) is 34.4 Å². The number of nitrogen functional groups attached to an aromatic ring is 2. The molecule has 0 unspecified atom stereocenters. The number of halogens is 2. The van der Waals surface area contributed by atoms with Crippen LogP contribution < -0.4 is 11.5 Å². The average molecular weight is 287 g/mol. The van der Waals surface area contributed by atoms with Crippen LogP contribution in [0.4, 0.5) is 23.8 Å². The molecule has 0 aliphatic rings. The van der Waals surface area contributed by atoms with Gasteiger partial charge in [0, 0.05) is 0 Å². The van der Waals surface area contributed by atoms with Crippen LogP contribution in [-0.2, 0) is 0 Å². The molecule has 0 amide bonds. The van der Waals surface area contributed by atoms with Gasteiger partial charge in [-0.05, 0) is 23.2 Å². The highest BCUT2D eigenvalue weighted by molar-refractivity contribution is 6.28. The van der Waals surface area contributed by atoms with Gasteiger partial charge in [-0.3, -0.25) is 0 Å². The third-order valence-electron chi connectivity index (χ3n) is 1.46. The van der Waals surface area contributed by atoms with E-state index in [9.17, 15) is 0 Å². The van der Waals surface area contributed by atoms with E-state index in [4.69, 9.17) is 34.7 Å². The van der Waals surface area contributed by atoms with Gasteiger partial charge in [0.2, 0.25) is 22.5 Å². The quantitative estimate of drug-likeness (QED) is 0.773. The number of rotatable bonds is 2. The number of hydrogen-bond donors (Lipinski definition) is 2. The summed E-state index contributed by atoms with van der Waals surface area (Å²) in [5.41, 5.74) is 10.7. The second-order valence-corrected chi connectivity index (χ2v) is 3.40. The SMILES string of the molecule is Nc1nc(Cl)nc(/N=N/c2nc(N)nc(Cl)n2)n1. The zero-order valence-electron chi connectivity index (χ0n) is 8.49. The van der Waals surface area contributed by atoms with E-state index < -0.39 is 0 Å². The first-order valence-corrected chi connectivity index (χ1v) is 5.04. The van der Waals surface area contributed by atoms with Gasteiger partial charge >= 0.3 is 0 Å². The van der Waals surface area contributed by atoms with Crippen LogP contribution in [0.2, 0.25) is 10.6 Å². The topological polar surface area (TPSA) is 154 Å². The second-order valence-electron chi connectivity index (χ2n) is 2.73. The molecule has 92 valence electrons. The van der Waals surface area contributed by atoms with E-state index in [1.807, 2.05) is 0 Å². The standard InChI is InChI=1S/C6H4Cl2N10/c7-1-11-3(9)15-5(13-1)17-18-6-14-2(8)12-4(10)16-6/h(H2,9,11,13,15)(H2,10,12,14,16)/b18-17+. The molecule has 2 aromatic heterocycles. The number of hydrogen-bond acceptors (Lipinski definition) is 10. The van der Waals surface area contributed by atoms with Crippen molar-refractivity contribution in [2.45, 2.75) is 0 Å². The van der Waals surface area contributed by atoms with Crippen molar-refractivity contribution in [2.24, 2.45) is 10.2 Å². The number of azo groups is 1. The van der Waals surface area contributed by atoms with Crippen LogP contribution in [-0.4, -0.2) is 29.9 Å². The Balaban J connectivity index is 2.29. The zero-order chi connectivity index (χ0) is 13.1. The Morgan fingerprint density at radius 3 is 1.39 bits per heavy atom. The minimum absolute atomic E-state index is 0.0860. The molecule has 2 heterocycles. The molecule has 4 N–H and O–H groups in total. The third kappa shape index (κ3) is 3.15. The van der Waals surface area contributed by atoms with Crippen LogP contribution in [0.1, 0.15) is 0 Å². The first kappa shape index (κ1) is 12.3. The summed E-state index contributed by atoms with van der Waals surface area (Å²) in [4.78, 5) is 21.8. The fraction of sp³-hybridized carbons (Fsp3) is 0. The van der Waals surface area contributed by atoms with Gasteiger partial charge in [0.15, 0.2) is 0 Å². The molecule has 0 aliphatic heterocycles. The number of nitrogens with zero attached hydrogens (tertiary/aromatic N) is 8. The van der Waals surface area contributed by atoms with E-state index in [2.05, 4.69) is 40.1 Å². The summed E-state index contributed by atoms with van der Waals surface area (Å²) >= 11 is 11.1. The van der Waals surface area contributed by atoms with Crippen molar-refractivity contribution in [3.63, 3.8) is 0 Å². The molecule has 0 aromatic carbocycles. The van der Waals surface area contributed by atoms with Crippen LogP contribution in [0.5, 0.6) is 0 Å². The van der Waals surface area contributed by atoms with Gasteiger partial charge < -0.3 is 11.5 Å². The normalized spacial score (nSPS) is 11.0. The minimum Gasteiger partial charge on any atom is -0.368 e. The molecule has 0 saturated heterocycles. The largest absolute Gasteiger partial charge is 0.368 e. The van der Waals surface area contributed by atoms with Crippen molar-refractivity contribution in [1.82, 2.24) is 29.9 Å². The van der Waals surface area contributed by atoms with Gasteiger partial charge in [0.05, 0.1) is 0 Å². The Hall–Kier alpha value is -2.20. The van der Waals surface area contributed by atoms with Crippen molar-refractivity contribution < 1.29 is 0 Å². The predicted octanol–water partition coefficient (Wildman–Crippen LogP) is 0.943. The lowest BCUT2D eigenvalue weighted by Crippen LogP contribution is -1.97. The Morgan fingerprint density at radius 2 is 1.06 bits per heavy atom. The molecule has 0 aliphatic carbocycles. The molecular weight excluding hydrogens is 283 g/mol. The molecule has 0 fully saturated rings. The maximum absolute atomic E-state index is 5.56. The fourth-order valence-corrected chi connectivity index (χ4v) is 1.21. The van der Waals surface area contributed by atoms with E-state index in [0.29, 0.717) is 0 Å². The van der Waals surface area contributed by atoms with Gasteiger partial charge in [-0.1, -0.05) is 0 Å². The van der Waals surface area contributed by atoms with Gasteiger partial charge in [-0.15, -0.1) is 10.2 Å². The van der Waals surface area contributed by atoms with E-state index >= 15 is 0 Å². The Kier molecular flexibility index (Phi) is 3.39. The number of anilines is 2. The first-order chi connectivity index (χ1) is 8.52. The molecule has 12 heteroatoms. The van der Waals surface area contributed by atoms with Crippen LogP contribution in [0.15, 0.2) is 10.2 Å². The number of nitrogens with two attached hydrogens (primary N) is 2. The monoisotopic (exact) mass is 286 g/mol. The fourth-order valence-electron chi connectivity index (χ4n) is 0.888. The summed E-state index contributed by atoms with van der Waals surface area (Å²) in [6.07, 6.45) is 0. The van der Waals surface area contributed by atoms with Crippen molar-refractivity contribution in [1.29, 1.82) is 0 Å². The molecule has 0 spiro atoms. The highest BCUT2D eigenvalue weighted by Crippen LogP contribution is 2.15. The molecule has 2 rings (SSSR count). The Bertz CT molecular complexity index is 519. The highest BCUT2D eigenvalue weighted by Gasteiger charge is 2.03. The maximum atomic E-state index is 5.56. The van der Waals surface area contributed by atoms with Crippen LogP contribution in [0.25, 0.3) is 0 Å². The van der Waals surface area contributed by atoms with Crippen molar-refractivity contribution in [2.75, 3.05) is 11.5 Å². The summed E-state index contributed by atoms with van der Waals surface area (Å²) in [5, 5.41) is 7.01. The molecule has 18 heavy (non-hydrogen) atoms. The zero-order valence-corrected chi connectivity index (χ0v) is 10.0. The lowest BCUT2D eigenvalue weighted by Gasteiger charge is -1.95. The minimum atomic E-state index is -0.107. The highest BCUT2D eigenvalue weighted by atomic mass is 35.5. The van der Waals surface area contributed by atoms with Gasteiger partial charge in [-0.25, -0.2) is 0 Å². The lowest BCUT2D eigenvalue weighted by molar-refractivity contribution is 0.970. The van der Waals surface area contributed by atoms with E-state index in [0.717, 1.165) is 0 Å². The van der Waals surface area contributed by atoms with Gasteiger partial charge in [-0.2, -0.15) is 29.9 Å². The first-order valence-electron chi connectivity index (χ1n) is 4.29. The van der Waals surface area contributed by atoms with Crippen molar-refractivity contribution >= 4 is 47.0 Å². The summed E-state index contributed by atoms with van der Waals surface area (Å²) in [6, 6.07) is 0. The third-order valence-corrected chi connectivity index (χ3v) is 1.79. The lowest BCUT2D eigenvalue weighted by atomic mass is 10.9. The summed E-state index contributed by atoms with van der Waals surface area (Å²) in [7, 11) is 0. The van der Waals surface area contributed by atoms with E-state index in [1.165, 1.54) is 0 Å². The molecule has 0 radical (unpaired) electrons. The van der Waals surface area contributed by atoms with Crippen LogP contribution >= 0.6 is 23.2 Å².